The molecule has 3 rings (SSSR count). The molecule has 0 unspecified atom stereocenters. The Kier molecular flexibility index (Phi) is 3.94. The zero-order valence-corrected chi connectivity index (χ0v) is 13.3. The van der Waals surface area contributed by atoms with Crippen LogP contribution in [0.25, 0.3) is 10.9 Å². The van der Waals surface area contributed by atoms with Crippen LogP contribution in [0.5, 0.6) is 5.75 Å². The molecule has 2 N–H and O–H groups in total. The number of aromatic nitrogens is 2. The van der Waals surface area contributed by atoms with E-state index in [0.717, 1.165) is 32.4 Å². The van der Waals surface area contributed by atoms with Crippen LogP contribution in [0.3, 0.4) is 0 Å². The monoisotopic (exact) mass is 345 g/mol. The lowest BCUT2D eigenvalue weighted by atomic mass is 10.2. The van der Waals surface area contributed by atoms with Gasteiger partial charge in [-0.15, -0.1) is 0 Å². The van der Waals surface area contributed by atoms with Crippen molar-refractivity contribution >= 4 is 26.8 Å². The number of halogens is 1. The summed E-state index contributed by atoms with van der Waals surface area (Å²) in [4.78, 5) is 0. The van der Waals surface area contributed by atoms with E-state index in [2.05, 4.69) is 33.2 Å². The summed E-state index contributed by atoms with van der Waals surface area (Å²) >= 11 is 3.51. The Morgan fingerprint density at radius 2 is 2.00 bits per heavy atom. The second kappa shape index (κ2) is 5.87. The van der Waals surface area contributed by atoms with Gasteiger partial charge in [0.15, 0.2) is 0 Å². The number of para-hydroxylation sites is 2. The van der Waals surface area contributed by atoms with Gasteiger partial charge in [0.25, 0.3) is 0 Å². The predicted molar refractivity (Wildman–Crippen MR) is 87.1 cm³/mol. The van der Waals surface area contributed by atoms with Crippen LogP contribution in [-0.4, -0.2) is 9.78 Å². The van der Waals surface area contributed by atoms with Crippen LogP contribution in [0, 0.1) is 0 Å². The van der Waals surface area contributed by atoms with E-state index in [0.29, 0.717) is 13.2 Å². The van der Waals surface area contributed by atoms with Crippen LogP contribution >= 0.6 is 15.9 Å². The Bertz CT molecular complexity index is 782. The van der Waals surface area contributed by atoms with E-state index < -0.39 is 0 Å². The highest BCUT2D eigenvalue weighted by molar-refractivity contribution is 9.10. The number of hydrogen-bond donors (Lipinski definition) is 1. The molecule has 0 aliphatic rings. The molecule has 5 heteroatoms. The molecule has 21 heavy (non-hydrogen) atoms. The number of rotatable bonds is 4. The van der Waals surface area contributed by atoms with Crippen molar-refractivity contribution in [2.24, 2.45) is 12.8 Å². The maximum atomic E-state index is 5.96. The van der Waals surface area contributed by atoms with Crippen LogP contribution in [0.15, 0.2) is 46.9 Å². The Labute approximate surface area is 131 Å². The minimum atomic E-state index is 0.414. The molecule has 3 aromatic rings. The quantitative estimate of drug-likeness (QED) is 0.788. The third-order valence-electron chi connectivity index (χ3n) is 3.46. The molecule has 0 radical (unpaired) electrons. The maximum Gasteiger partial charge on any atom is 0.138 e. The zero-order valence-electron chi connectivity index (χ0n) is 11.7. The average molecular weight is 346 g/mol. The maximum absolute atomic E-state index is 5.96. The van der Waals surface area contributed by atoms with Gasteiger partial charge in [-0.1, -0.05) is 30.3 Å². The molecule has 1 heterocycles. The summed E-state index contributed by atoms with van der Waals surface area (Å²) in [5, 5.41) is 5.65. The van der Waals surface area contributed by atoms with Crippen LogP contribution in [0.2, 0.25) is 0 Å². The number of benzene rings is 2. The van der Waals surface area contributed by atoms with Gasteiger partial charge in [-0.2, -0.15) is 5.10 Å². The van der Waals surface area contributed by atoms with E-state index in [-0.39, 0.29) is 0 Å². The van der Waals surface area contributed by atoms with E-state index in [9.17, 15) is 0 Å². The lowest BCUT2D eigenvalue weighted by molar-refractivity contribution is 0.296. The average Bonchev–Trinajstić information content (AvgIpc) is 2.83. The first-order valence-corrected chi connectivity index (χ1v) is 7.51. The largest absolute Gasteiger partial charge is 0.486 e. The number of nitrogens with two attached hydrogens (primary N) is 1. The molecule has 0 amide bonds. The fourth-order valence-corrected chi connectivity index (χ4v) is 2.93. The Hall–Kier alpha value is -1.85. The molecular weight excluding hydrogens is 330 g/mol. The van der Waals surface area contributed by atoms with Crippen LogP contribution in [0.1, 0.15) is 11.3 Å². The fraction of sp³-hybridized carbons (Fsp3) is 0.188. The van der Waals surface area contributed by atoms with Crippen molar-refractivity contribution in [3.05, 3.63) is 58.2 Å². The highest BCUT2D eigenvalue weighted by Gasteiger charge is 2.11. The first kappa shape index (κ1) is 14.1. The summed E-state index contributed by atoms with van der Waals surface area (Å²) < 4.78 is 8.74. The molecule has 0 aliphatic carbocycles. The summed E-state index contributed by atoms with van der Waals surface area (Å²) in [5.41, 5.74) is 8.76. The second-order valence-electron chi connectivity index (χ2n) is 4.81. The molecule has 0 atom stereocenters. The number of fused-ring (bicyclic) bond motifs is 1. The summed E-state index contributed by atoms with van der Waals surface area (Å²) in [7, 11) is 1.94. The third kappa shape index (κ3) is 2.66. The predicted octanol–water partition coefficient (Wildman–Crippen LogP) is 3.37. The number of ether oxygens (including phenoxy) is 1. The smallest absolute Gasteiger partial charge is 0.138 e. The van der Waals surface area contributed by atoms with Gasteiger partial charge in [0.2, 0.25) is 0 Å². The third-order valence-corrected chi connectivity index (χ3v) is 4.08. The summed E-state index contributed by atoms with van der Waals surface area (Å²) in [6.45, 7) is 0.856. The molecule has 0 spiro atoms. The molecule has 4 nitrogen and oxygen atoms in total. The Morgan fingerprint density at radius 3 is 2.81 bits per heavy atom. The van der Waals surface area contributed by atoms with Crippen molar-refractivity contribution in [2.75, 3.05) is 0 Å². The molecule has 108 valence electrons. The van der Waals surface area contributed by atoms with Crippen molar-refractivity contribution in [3.63, 3.8) is 0 Å². The summed E-state index contributed by atoms with van der Waals surface area (Å²) in [6.07, 6.45) is 0. The molecule has 0 saturated heterocycles. The lowest BCUT2D eigenvalue weighted by Crippen LogP contribution is -2.04. The summed E-state index contributed by atoms with van der Waals surface area (Å²) in [5.74, 6) is 0.787. The van der Waals surface area contributed by atoms with E-state index in [4.69, 9.17) is 10.5 Å². The number of hydrogen-bond acceptors (Lipinski definition) is 3. The second-order valence-corrected chi connectivity index (χ2v) is 5.66. The minimum Gasteiger partial charge on any atom is -0.486 e. The highest BCUT2D eigenvalue weighted by atomic mass is 79.9. The minimum absolute atomic E-state index is 0.414. The first-order valence-electron chi connectivity index (χ1n) is 6.71. The molecule has 0 bridgehead atoms. The number of nitrogens with zero attached hydrogens (tertiary/aromatic N) is 2. The van der Waals surface area contributed by atoms with Crippen LogP contribution < -0.4 is 10.5 Å². The van der Waals surface area contributed by atoms with Gasteiger partial charge in [0, 0.05) is 24.5 Å². The topological polar surface area (TPSA) is 53.1 Å². The molecule has 0 fully saturated rings. The van der Waals surface area contributed by atoms with E-state index in [1.165, 1.54) is 0 Å². The van der Waals surface area contributed by atoms with Gasteiger partial charge < -0.3 is 10.5 Å². The van der Waals surface area contributed by atoms with Crippen molar-refractivity contribution in [1.82, 2.24) is 9.78 Å². The van der Waals surface area contributed by atoms with Crippen LogP contribution in [-0.2, 0) is 20.2 Å². The van der Waals surface area contributed by atoms with Crippen molar-refractivity contribution in [1.29, 1.82) is 0 Å². The van der Waals surface area contributed by atoms with E-state index in [1.54, 1.807) is 0 Å². The molecule has 0 aliphatic heterocycles. The normalized spacial score (nSPS) is 11.0. The van der Waals surface area contributed by atoms with Gasteiger partial charge in [0.05, 0.1) is 9.99 Å². The van der Waals surface area contributed by atoms with E-state index in [1.807, 2.05) is 42.1 Å². The van der Waals surface area contributed by atoms with Gasteiger partial charge in [-0.3, -0.25) is 4.68 Å². The standard InChI is InChI=1S/C16H16BrN3O/c1-20-15-8-3-2-6-12(15)14(19-20)10-21-16-11(9-18)5-4-7-13(16)17/h2-8H,9-10,18H2,1H3. The molecular formula is C16H16BrN3O. The first-order chi connectivity index (χ1) is 10.2. The van der Waals surface area contributed by atoms with Gasteiger partial charge >= 0.3 is 0 Å². The SMILES string of the molecule is Cn1nc(COc2c(Br)cccc2CN)c2ccccc21. The van der Waals surface area contributed by atoms with E-state index >= 15 is 0 Å². The summed E-state index contributed by atoms with van der Waals surface area (Å²) in [6, 6.07) is 14.0. The van der Waals surface area contributed by atoms with Gasteiger partial charge in [-0.05, 0) is 28.1 Å². The lowest BCUT2D eigenvalue weighted by Gasteiger charge is -2.11. The Morgan fingerprint density at radius 1 is 1.19 bits per heavy atom. The molecule has 0 saturated carbocycles. The number of aryl methyl sites for hydroxylation is 1. The van der Waals surface area contributed by atoms with Crippen molar-refractivity contribution in [3.8, 4) is 5.75 Å². The Balaban J connectivity index is 1.91. The van der Waals surface area contributed by atoms with Gasteiger partial charge in [0.1, 0.15) is 18.1 Å². The van der Waals surface area contributed by atoms with Gasteiger partial charge in [-0.25, -0.2) is 0 Å². The highest BCUT2D eigenvalue weighted by Crippen LogP contribution is 2.30. The molecule has 2 aromatic carbocycles. The van der Waals surface area contributed by atoms with Crippen LogP contribution in [0.4, 0.5) is 0 Å². The molecule has 1 aromatic heterocycles. The fourth-order valence-electron chi connectivity index (χ4n) is 2.41. The zero-order chi connectivity index (χ0) is 14.8. The van der Waals surface area contributed by atoms with Crippen molar-refractivity contribution in [2.45, 2.75) is 13.2 Å². The van der Waals surface area contributed by atoms with Crippen molar-refractivity contribution < 1.29 is 4.74 Å².